The summed E-state index contributed by atoms with van der Waals surface area (Å²) in [6.45, 7) is 3.83. The molecule has 4 heteroatoms. The maximum Gasteiger partial charge on any atom is 0.221 e. The number of carbonyl (C=O) groups is 1. The summed E-state index contributed by atoms with van der Waals surface area (Å²) < 4.78 is 0. The van der Waals surface area contributed by atoms with E-state index in [1.807, 2.05) is 0 Å². The van der Waals surface area contributed by atoms with Crippen molar-refractivity contribution in [3.05, 3.63) is 57.5 Å². The fourth-order valence-electron chi connectivity index (χ4n) is 3.92. The lowest BCUT2D eigenvalue weighted by Crippen LogP contribution is -2.26. The van der Waals surface area contributed by atoms with Gasteiger partial charge in [0.15, 0.2) is 0 Å². The van der Waals surface area contributed by atoms with E-state index < -0.39 is 0 Å². The van der Waals surface area contributed by atoms with Crippen molar-refractivity contribution in [3.63, 3.8) is 0 Å². The van der Waals surface area contributed by atoms with Gasteiger partial charge in [0.05, 0.1) is 5.00 Å². The standard InChI is InChI=1S/C21H24N2OS/c1-14(24)22-19-13-17-8-7-15-5-3-4-6-18(15)20(21(17)25-19)16-9-11-23(2)12-10-16/h3-6,13H,7-12H2,1-2H3,(H,22,24). The summed E-state index contributed by atoms with van der Waals surface area (Å²) in [4.78, 5) is 15.3. The number of nitrogens with one attached hydrogen (secondary N) is 1. The predicted molar refractivity (Wildman–Crippen MR) is 105 cm³/mol. The Kier molecular flexibility index (Phi) is 4.48. The van der Waals surface area contributed by atoms with Crippen molar-refractivity contribution in [1.82, 2.24) is 4.90 Å². The van der Waals surface area contributed by atoms with Crippen LogP contribution in [0.25, 0.3) is 5.57 Å². The van der Waals surface area contributed by atoms with Gasteiger partial charge in [0.1, 0.15) is 0 Å². The molecule has 1 aromatic heterocycles. The Labute approximate surface area is 153 Å². The average molecular weight is 353 g/mol. The molecule has 0 bridgehead atoms. The largest absolute Gasteiger partial charge is 0.318 e. The fraction of sp³-hybridized carbons (Fsp3) is 0.381. The van der Waals surface area contributed by atoms with Crippen LogP contribution in [0.3, 0.4) is 0 Å². The zero-order chi connectivity index (χ0) is 17.4. The lowest BCUT2D eigenvalue weighted by molar-refractivity contribution is -0.114. The first-order chi connectivity index (χ1) is 12.1. The summed E-state index contributed by atoms with van der Waals surface area (Å²) in [6.07, 6.45) is 4.37. The summed E-state index contributed by atoms with van der Waals surface area (Å²) in [5.74, 6) is 0.00491. The van der Waals surface area contributed by atoms with E-state index in [0.717, 1.165) is 43.8 Å². The van der Waals surface area contributed by atoms with E-state index in [-0.39, 0.29) is 5.91 Å². The number of anilines is 1. The van der Waals surface area contributed by atoms with Crippen LogP contribution in [-0.2, 0) is 17.6 Å². The van der Waals surface area contributed by atoms with Gasteiger partial charge in [-0.2, -0.15) is 0 Å². The second-order valence-electron chi connectivity index (χ2n) is 7.09. The third kappa shape index (κ3) is 3.29. The van der Waals surface area contributed by atoms with Gasteiger partial charge in [-0.3, -0.25) is 4.79 Å². The average Bonchev–Trinajstić information content (AvgIpc) is 2.90. The second kappa shape index (κ2) is 6.77. The molecule has 0 saturated carbocycles. The third-order valence-electron chi connectivity index (χ3n) is 5.23. The number of amides is 1. The number of rotatable bonds is 1. The topological polar surface area (TPSA) is 32.3 Å². The molecule has 1 saturated heterocycles. The van der Waals surface area contributed by atoms with E-state index >= 15 is 0 Å². The van der Waals surface area contributed by atoms with E-state index in [1.165, 1.54) is 27.1 Å². The number of aryl methyl sites for hydroxylation is 2. The van der Waals surface area contributed by atoms with E-state index in [4.69, 9.17) is 0 Å². The molecule has 1 aromatic carbocycles. The molecule has 1 aliphatic carbocycles. The Balaban J connectivity index is 1.87. The number of piperidine rings is 1. The van der Waals surface area contributed by atoms with Crippen molar-refractivity contribution in [3.8, 4) is 0 Å². The highest BCUT2D eigenvalue weighted by molar-refractivity contribution is 7.17. The van der Waals surface area contributed by atoms with Gasteiger partial charge in [-0.15, -0.1) is 11.3 Å². The van der Waals surface area contributed by atoms with Crippen molar-refractivity contribution >= 4 is 27.8 Å². The van der Waals surface area contributed by atoms with Gasteiger partial charge in [0.2, 0.25) is 5.91 Å². The Morgan fingerprint density at radius 1 is 1.08 bits per heavy atom. The van der Waals surface area contributed by atoms with Gasteiger partial charge in [0, 0.05) is 24.9 Å². The lowest BCUT2D eigenvalue weighted by atomic mass is 9.90. The van der Waals surface area contributed by atoms with E-state index in [0.29, 0.717) is 0 Å². The van der Waals surface area contributed by atoms with Crippen molar-refractivity contribution < 1.29 is 4.79 Å². The molecule has 0 spiro atoms. The molecule has 25 heavy (non-hydrogen) atoms. The zero-order valence-electron chi connectivity index (χ0n) is 14.9. The van der Waals surface area contributed by atoms with Gasteiger partial charge >= 0.3 is 0 Å². The highest BCUT2D eigenvalue weighted by atomic mass is 32.1. The van der Waals surface area contributed by atoms with Crippen LogP contribution < -0.4 is 5.32 Å². The number of fused-ring (bicyclic) bond motifs is 2. The van der Waals surface area contributed by atoms with E-state index in [2.05, 4.69) is 47.6 Å². The molecule has 0 radical (unpaired) electrons. The molecular weight excluding hydrogens is 328 g/mol. The number of likely N-dealkylation sites (tertiary alicyclic amines) is 1. The van der Waals surface area contributed by atoms with Crippen LogP contribution in [0.2, 0.25) is 0 Å². The van der Waals surface area contributed by atoms with E-state index in [9.17, 15) is 4.79 Å². The van der Waals surface area contributed by atoms with Crippen LogP contribution in [0.1, 0.15) is 41.3 Å². The first-order valence-corrected chi connectivity index (χ1v) is 9.83. The zero-order valence-corrected chi connectivity index (χ0v) is 15.7. The molecule has 2 aromatic rings. The monoisotopic (exact) mass is 352 g/mol. The lowest BCUT2D eigenvalue weighted by Gasteiger charge is -2.27. The van der Waals surface area contributed by atoms with Crippen molar-refractivity contribution in [2.24, 2.45) is 0 Å². The van der Waals surface area contributed by atoms with Gasteiger partial charge in [-0.1, -0.05) is 29.8 Å². The van der Waals surface area contributed by atoms with Crippen LogP contribution in [-0.4, -0.2) is 30.9 Å². The number of hydrogen-bond acceptors (Lipinski definition) is 3. The maximum atomic E-state index is 11.5. The van der Waals surface area contributed by atoms with E-state index in [1.54, 1.807) is 23.8 Å². The van der Waals surface area contributed by atoms with Crippen LogP contribution in [0.4, 0.5) is 5.00 Å². The minimum absolute atomic E-state index is 0.00491. The Hall–Kier alpha value is -1.91. The Morgan fingerprint density at radius 3 is 2.56 bits per heavy atom. The molecule has 1 fully saturated rings. The molecular formula is C21H24N2OS. The molecule has 0 atom stereocenters. The number of thiophene rings is 1. The molecule has 2 aliphatic rings. The quantitative estimate of drug-likeness (QED) is 0.828. The van der Waals surface area contributed by atoms with Gasteiger partial charge in [-0.05, 0) is 61.1 Å². The SMILES string of the molecule is CC(=O)Nc1cc2c(s1)C(=C1CCN(C)CC1)c1ccccc1CC2. The number of nitrogens with zero attached hydrogens (tertiary/aromatic N) is 1. The molecule has 1 N–H and O–H groups in total. The summed E-state index contributed by atoms with van der Waals surface area (Å²) in [5, 5.41) is 3.96. The first-order valence-electron chi connectivity index (χ1n) is 9.01. The number of hydrogen-bond donors (Lipinski definition) is 1. The van der Waals surface area contributed by atoms with Crippen LogP contribution in [0, 0.1) is 0 Å². The molecule has 130 valence electrons. The predicted octanol–water partition coefficient (Wildman–Crippen LogP) is 4.33. The molecule has 0 unspecified atom stereocenters. The molecule has 2 heterocycles. The summed E-state index contributed by atoms with van der Waals surface area (Å²) in [7, 11) is 2.20. The molecule has 4 rings (SSSR count). The Morgan fingerprint density at radius 2 is 1.80 bits per heavy atom. The van der Waals surface area contributed by atoms with Crippen molar-refractivity contribution in [2.45, 2.75) is 32.6 Å². The summed E-state index contributed by atoms with van der Waals surface area (Å²) >= 11 is 1.74. The highest BCUT2D eigenvalue weighted by Crippen LogP contribution is 2.43. The normalized spacial score (nSPS) is 17.7. The molecule has 3 nitrogen and oxygen atoms in total. The Bertz CT molecular complexity index is 839. The second-order valence-corrected chi connectivity index (χ2v) is 8.14. The number of carbonyl (C=O) groups excluding carboxylic acids is 1. The van der Waals surface area contributed by atoms with Crippen LogP contribution in [0.5, 0.6) is 0 Å². The molecule has 1 amide bonds. The van der Waals surface area contributed by atoms with Crippen molar-refractivity contribution in [2.75, 3.05) is 25.5 Å². The highest BCUT2D eigenvalue weighted by Gasteiger charge is 2.25. The minimum atomic E-state index is 0.00491. The van der Waals surface area contributed by atoms with Gasteiger partial charge < -0.3 is 10.2 Å². The fourth-order valence-corrected chi connectivity index (χ4v) is 5.19. The van der Waals surface area contributed by atoms with Crippen LogP contribution >= 0.6 is 11.3 Å². The minimum Gasteiger partial charge on any atom is -0.318 e. The smallest absolute Gasteiger partial charge is 0.221 e. The summed E-state index contributed by atoms with van der Waals surface area (Å²) in [5.41, 5.74) is 7.25. The van der Waals surface area contributed by atoms with Gasteiger partial charge in [-0.25, -0.2) is 0 Å². The molecule has 1 aliphatic heterocycles. The maximum absolute atomic E-state index is 11.5. The van der Waals surface area contributed by atoms with Crippen LogP contribution in [0.15, 0.2) is 35.9 Å². The first kappa shape index (κ1) is 16.6. The number of benzene rings is 1. The van der Waals surface area contributed by atoms with Gasteiger partial charge in [0.25, 0.3) is 0 Å². The third-order valence-corrected chi connectivity index (χ3v) is 6.34. The van der Waals surface area contributed by atoms with Crippen molar-refractivity contribution in [1.29, 1.82) is 0 Å². The summed E-state index contributed by atoms with van der Waals surface area (Å²) in [6, 6.07) is 11.0.